The molecular formula is C11H17Cl3N2O3S. The van der Waals surface area contributed by atoms with Crippen molar-refractivity contribution in [2.45, 2.75) is 4.90 Å². The molecule has 0 spiro atoms. The van der Waals surface area contributed by atoms with Crippen molar-refractivity contribution in [3.8, 4) is 0 Å². The molecule has 2 N–H and O–H groups in total. The molecule has 0 saturated carbocycles. The highest BCUT2D eigenvalue weighted by atomic mass is 35.5. The van der Waals surface area contributed by atoms with E-state index in [1.54, 1.807) is 13.2 Å². The zero-order valence-electron chi connectivity index (χ0n) is 10.9. The molecule has 1 aromatic carbocycles. The molecule has 0 aromatic heterocycles. The largest absolute Gasteiger partial charge is 0.383 e. The lowest BCUT2D eigenvalue weighted by molar-refractivity contribution is 0.199. The zero-order chi connectivity index (χ0) is 14.3. The summed E-state index contributed by atoms with van der Waals surface area (Å²) in [7, 11) is -2.10. The van der Waals surface area contributed by atoms with Gasteiger partial charge in [0.25, 0.3) is 0 Å². The van der Waals surface area contributed by atoms with Gasteiger partial charge in [0.05, 0.1) is 16.7 Å². The van der Waals surface area contributed by atoms with Gasteiger partial charge in [0.15, 0.2) is 0 Å². The van der Waals surface area contributed by atoms with Crippen molar-refractivity contribution in [2.75, 3.05) is 33.4 Å². The molecule has 1 rings (SSSR count). The van der Waals surface area contributed by atoms with Gasteiger partial charge in [-0.25, -0.2) is 13.1 Å². The summed E-state index contributed by atoms with van der Waals surface area (Å²) in [5, 5.41) is 3.23. The van der Waals surface area contributed by atoms with Crippen LogP contribution in [-0.4, -0.2) is 41.8 Å². The third-order valence-corrected chi connectivity index (χ3v) is 4.68. The zero-order valence-corrected chi connectivity index (χ0v) is 14.0. The molecule has 20 heavy (non-hydrogen) atoms. The second-order valence-electron chi connectivity index (χ2n) is 3.69. The van der Waals surface area contributed by atoms with Crippen molar-refractivity contribution >= 4 is 45.6 Å². The Labute approximate surface area is 135 Å². The quantitative estimate of drug-likeness (QED) is 0.693. The van der Waals surface area contributed by atoms with E-state index in [-0.39, 0.29) is 33.9 Å². The normalized spacial score (nSPS) is 11.2. The Hall–Kier alpha value is -0.0800. The summed E-state index contributed by atoms with van der Waals surface area (Å²) < 4.78 is 31.3. The van der Waals surface area contributed by atoms with E-state index in [1.807, 2.05) is 0 Å². The van der Waals surface area contributed by atoms with Crippen LogP contribution in [0.15, 0.2) is 23.1 Å². The first-order valence-electron chi connectivity index (χ1n) is 5.62. The van der Waals surface area contributed by atoms with Gasteiger partial charge in [0.1, 0.15) is 4.90 Å². The predicted octanol–water partition coefficient (Wildman–Crippen LogP) is 1.93. The molecule has 0 aliphatic heterocycles. The van der Waals surface area contributed by atoms with Crippen molar-refractivity contribution < 1.29 is 13.2 Å². The number of sulfonamides is 1. The van der Waals surface area contributed by atoms with Crippen LogP contribution in [0.25, 0.3) is 0 Å². The number of methoxy groups -OCH3 is 1. The first-order chi connectivity index (χ1) is 8.99. The van der Waals surface area contributed by atoms with Gasteiger partial charge in [-0.15, -0.1) is 12.4 Å². The Morgan fingerprint density at radius 2 is 1.75 bits per heavy atom. The average Bonchev–Trinajstić information content (AvgIpc) is 2.33. The fourth-order valence-electron chi connectivity index (χ4n) is 1.38. The first kappa shape index (κ1) is 19.9. The van der Waals surface area contributed by atoms with E-state index in [2.05, 4.69) is 10.0 Å². The number of nitrogens with one attached hydrogen (secondary N) is 2. The molecule has 0 bridgehead atoms. The maximum Gasteiger partial charge on any atom is 0.243 e. The van der Waals surface area contributed by atoms with Gasteiger partial charge in [0.2, 0.25) is 10.0 Å². The number of hydrogen-bond acceptors (Lipinski definition) is 4. The van der Waals surface area contributed by atoms with E-state index in [1.165, 1.54) is 12.1 Å². The fourth-order valence-corrected chi connectivity index (χ4v) is 3.56. The standard InChI is InChI=1S/C11H16Cl2N2O3S.ClH/c1-18-8-7-14-5-6-15-19(16,17)11-9(12)3-2-4-10(11)13;/h2-4,14-15H,5-8H2,1H3;1H. The van der Waals surface area contributed by atoms with Gasteiger partial charge in [0, 0.05) is 26.7 Å². The van der Waals surface area contributed by atoms with Crippen LogP contribution in [-0.2, 0) is 14.8 Å². The van der Waals surface area contributed by atoms with E-state index < -0.39 is 10.0 Å². The smallest absolute Gasteiger partial charge is 0.243 e. The summed E-state index contributed by atoms with van der Waals surface area (Å²) in [6.45, 7) is 1.96. The minimum atomic E-state index is -3.70. The minimum absolute atomic E-state index is 0. The van der Waals surface area contributed by atoms with E-state index in [0.29, 0.717) is 19.7 Å². The van der Waals surface area contributed by atoms with E-state index in [0.717, 1.165) is 0 Å². The summed E-state index contributed by atoms with van der Waals surface area (Å²) >= 11 is 11.7. The first-order valence-corrected chi connectivity index (χ1v) is 7.86. The van der Waals surface area contributed by atoms with Crippen LogP contribution >= 0.6 is 35.6 Å². The molecule has 5 nitrogen and oxygen atoms in total. The third kappa shape index (κ3) is 6.13. The second-order valence-corrected chi connectivity index (χ2v) is 6.21. The van der Waals surface area contributed by atoms with Gasteiger partial charge in [-0.3, -0.25) is 0 Å². The summed E-state index contributed by atoms with van der Waals surface area (Å²) in [6.07, 6.45) is 0. The number of ether oxygens (including phenoxy) is 1. The molecule has 1 aromatic rings. The van der Waals surface area contributed by atoms with Crippen LogP contribution in [0.4, 0.5) is 0 Å². The molecular weight excluding hydrogens is 347 g/mol. The topological polar surface area (TPSA) is 67.4 Å². The fraction of sp³-hybridized carbons (Fsp3) is 0.455. The number of benzene rings is 1. The Balaban J connectivity index is 0.00000361. The number of rotatable bonds is 8. The van der Waals surface area contributed by atoms with Crippen molar-refractivity contribution in [1.29, 1.82) is 0 Å². The monoisotopic (exact) mass is 362 g/mol. The van der Waals surface area contributed by atoms with Gasteiger partial charge in [-0.05, 0) is 12.1 Å². The maximum atomic E-state index is 12.0. The molecule has 0 aliphatic rings. The molecule has 0 unspecified atom stereocenters. The number of halogens is 3. The lowest BCUT2D eigenvalue weighted by Gasteiger charge is -2.10. The Morgan fingerprint density at radius 3 is 2.30 bits per heavy atom. The highest BCUT2D eigenvalue weighted by Crippen LogP contribution is 2.28. The van der Waals surface area contributed by atoms with Crippen molar-refractivity contribution in [3.63, 3.8) is 0 Å². The molecule has 0 fully saturated rings. The van der Waals surface area contributed by atoms with Crippen LogP contribution in [0, 0.1) is 0 Å². The van der Waals surface area contributed by atoms with Crippen LogP contribution in [0.5, 0.6) is 0 Å². The molecule has 0 amide bonds. The SMILES string of the molecule is COCCNCCNS(=O)(=O)c1c(Cl)cccc1Cl.Cl. The van der Waals surface area contributed by atoms with Crippen molar-refractivity contribution in [2.24, 2.45) is 0 Å². The highest BCUT2D eigenvalue weighted by molar-refractivity contribution is 7.89. The Kier molecular flexibility index (Phi) is 9.74. The van der Waals surface area contributed by atoms with Crippen LogP contribution in [0.3, 0.4) is 0 Å². The van der Waals surface area contributed by atoms with Gasteiger partial charge in [-0.1, -0.05) is 29.3 Å². The minimum Gasteiger partial charge on any atom is -0.383 e. The van der Waals surface area contributed by atoms with E-state index >= 15 is 0 Å². The third-order valence-electron chi connectivity index (χ3n) is 2.26. The summed E-state index contributed by atoms with van der Waals surface area (Å²) in [5.41, 5.74) is 0. The van der Waals surface area contributed by atoms with Gasteiger partial charge in [-0.2, -0.15) is 0 Å². The van der Waals surface area contributed by atoms with Gasteiger partial charge >= 0.3 is 0 Å². The number of hydrogen-bond donors (Lipinski definition) is 2. The predicted molar refractivity (Wildman–Crippen MR) is 83.6 cm³/mol. The van der Waals surface area contributed by atoms with Crippen LogP contribution < -0.4 is 10.0 Å². The molecule has 0 heterocycles. The summed E-state index contributed by atoms with van der Waals surface area (Å²) in [6, 6.07) is 4.56. The molecule has 0 atom stereocenters. The van der Waals surface area contributed by atoms with Crippen molar-refractivity contribution in [1.82, 2.24) is 10.0 Å². The van der Waals surface area contributed by atoms with Crippen LogP contribution in [0.1, 0.15) is 0 Å². The van der Waals surface area contributed by atoms with E-state index in [9.17, 15) is 8.42 Å². The maximum absolute atomic E-state index is 12.0. The van der Waals surface area contributed by atoms with E-state index in [4.69, 9.17) is 27.9 Å². The average molecular weight is 364 g/mol. The Bertz CT molecular complexity index is 491. The molecule has 0 aliphatic carbocycles. The van der Waals surface area contributed by atoms with Crippen LogP contribution in [0.2, 0.25) is 10.0 Å². The Morgan fingerprint density at radius 1 is 1.15 bits per heavy atom. The van der Waals surface area contributed by atoms with Crippen molar-refractivity contribution in [3.05, 3.63) is 28.2 Å². The molecule has 116 valence electrons. The summed E-state index contributed by atoms with van der Waals surface area (Å²) in [4.78, 5) is -0.0878. The lowest BCUT2D eigenvalue weighted by atomic mass is 10.4. The summed E-state index contributed by atoms with van der Waals surface area (Å²) in [5.74, 6) is 0. The molecule has 0 saturated heterocycles. The van der Waals surface area contributed by atoms with Gasteiger partial charge < -0.3 is 10.1 Å². The highest BCUT2D eigenvalue weighted by Gasteiger charge is 2.20. The molecule has 9 heteroatoms. The molecule has 0 radical (unpaired) electrons. The second kappa shape index (κ2) is 9.78. The lowest BCUT2D eigenvalue weighted by Crippen LogP contribution is -2.33.